The van der Waals surface area contributed by atoms with Gasteiger partial charge in [0.1, 0.15) is 0 Å². The Morgan fingerprint density at radius 2 is 2.00 bits per heavy atom. The molecule has 0 fully saturated rings. The lowest BCUT2D eigenvalue weighted by molar-refractivity contribution is -0.118. The molecule has 0 saturated carbocycles. The second-order valence-corrected chi connectivity index (χ2v) is 9.45. The molecule has 32 heavy (non-hydrogen) atoms. The number of hydrogen-bond acceptors (Lipinski definition) is 6. The molecular weight excluding hydrogens is 466 g/mol. The van der Waals surface area contributed by atoms with Gasteiger partial charge in [-0.1, -0.05) is 41.9 Å². The predicted octanol–water partition coefficient (Wildman–Crippen LogP) is 4.80. The zero-order valence-corrected chi connectivity index (χ0v) is 20.2. The molecule has 2 N–H and O–H groups in total. The highest BCUT2D eigenvalue weighted by atomic mass is 35.5. The van der Waals surface area contributed by atoms with E-state index in [4.69, 9.17) is 16.3 Å². The van der Waals surface area contributed by atoms with E-state index in [1.807, 2.05) is 37.3 Å². The number of benzene rings is 2. The van der Waals surface area contributed by atoms with E-state index in [0.29, 0.717) is 30.3 Å². The molecule has 3 aromatic rings. The summed E-state index contributed by atoms with van der Waals surface area (Å²) in [6.45, 7) is 2.89. The third-order valence-electron chi connectivity index (χ3n) is 4.53. The summed E-state index contributed by atoms with van der Waals surface area (Å²) in [5.41, 5.74) is 2.56. The van der Waals surface area contributed by atoms with Gasteiger partial charge in [0.15, 0.2) is 5.13 Å². The molecule has 3 rings (SSSR count). The molecule has 1 heterocycles. The lowest BCUT2D eigenvalue weighted by Gasteiger charge is -2.09. The maximum Gasteiger partial charge on any atom is 0.258 e. The van der Waals surface area contributed by atoms with Gasteiger partial charge in [-0.2, -0.15) is 0 Å². The molecule has 0 saturated heterocycles. The summed E-state index contributed by atoms with van der Waals surface area (Å²) in [6, 6.07) is 13.2. The average Bonchev–Trinajstić information content (AvgIpc) is 3.22. The van der Waals surface area contributed by atoms with Crippen LogP contribution in [0.2, 0.25) is 5.02 Å². The lowest BCUT2D eigenvalue weighted by Crippen LogP contribution is -2.28. The van der Waals surface area contributed by atoms with Gasteiger partial charge in [0, 0.05) is 41.1 Å². The number of anilines is 1. The first-order valence-corrected chi connectivity index (χ1v) is 12.1. The van der Waals surface area contributed by atoms with Gasteiger partial charge in [-0.3, -0.25) is 14.9 Å². The third kappa shape index (κ3) is 6.80. The fraction of sp³-hybridized carbons (Fsp3) is 0.261. The molecule has 0 unspecified atom stereocenters. The number of carbonyl (C=O) groups is 2. The van der Waals surface area contributed by atoms with Gasteiger partial charge in [-0.05, 0) is 30.2 Å². The van der Waals surface area contributed by atoms with Crippen molar-refractivity contribution in [1.29, 1.82) is 0 Å². The first kappa shape index (κ1) is 24.3. The van der Waals surface area contributed by atoms with Gasteiger partial charge < -0.3 is 10.1 Å². The van der Waals surface area contributed by atoms with Crippen LogP contribution in [0.5, 0.6) is 0 Å². The number of halogens is 1. The quantitative estimate of drug-likeness (QED) is 0.316. The van der Waals surface area contributed by atoms with Crippen LogP contribution in [0.25, 0.3) is 0 Å². The van der Waals surface area contributed by atoms with Crippen LogP contribution >= 0.6 is 34.7 Å². The van der Waals surface area contributed by atoms with E-state index >= 15 is 0 Å². The summed E-state index contributed by atoms with van der Waals surface area (Å²) in [7, 11) is 1.58. The van der Waals surface area contributed by atoms with E-state index in [2.05, 4.69) is 15.6 Å². The van der Waals surface area contributed by atoms with Crippen LogP contribution in [0.4, 0.5) is 5.13 Å². The molecule has 168 valence electrons. The molecule has 0 aliphatic heterocycles. The number of ether oxygens (including phenoxy) is 1. The maximum absolute atomic E-state index is 12.9. The number of methoxy groups -OCH3 is 1. The topological polar surface area (TPSA) is 80.3 Å². The number of aryl methyl sites for hydroxylation is 1. The smallest absolute Gasteiger partial charge is 0.258 e. The van der Waals surface area contributed by atoms with Crippen molar-refractivity contribution in [2.75, 3.05) is 31.3 Å². The summed E-state index contributed by atoms with van der Waals surface area (Å²) in [5, 5.41) is 6.91. The van der Waals surface area contributed by atoms with E-state index < -0.39 is 0 Å². The molecule has 0 atom stereocenters. The fourth-order valence-electron chi connectivity index (χ4n) is 2.91. The number of nitrogens with one attached hydrogen (secondary N) is 2. The summed E-state index contributed by atoms with van der Waals surface area (Å²) in [5.74, 6) is -0.156. The van der Waals surface area contributed by atoms with Crippen molar-refractivity contribution in [2.45, 2.75) is 18.2 Å². The highest BCUT2D eigenvalue weighted by Gasteiger charge is 2.15. The van der Waals surface area contributed by atoms with E-state index in [1.54, 1.807) is 25.4 Å². The fourth-order valence-corrected chi connectivity index (χ4v) is 4.81. The molecule has 2 aromatic carbocycles. The molecule has 0 radical (unpaired) electrons. The van der Waals surface area contributed by atoms with Crippen LogP contribution in [0.3, 0.4) is 0 Å². The first-order chi connectivity index (χ1) is 15.5. The van der Waals surface area contributed by atoms with Crippen LogP contribution in [0, 0.1) is 6.92 Å². The minimum absolute atomic E-state index is 0.110. The zero-order chi connectivity index (χ0) is 22.9. The Labute approximate surface area is 200 Å². The second kappa shape index (κ2) is 12.0. The van der Waals surface area contributed by atoms with Gasteiger partial charge in [-0.25, -0.2) is 4.98 Å². The number of thiazole rings is 1. The average molecular weight is 490 g/mol. The molecule has 0 aliphatic rings. The zero-order valence-electron chi connectivity index (χ0n) is 17.8. The summed E-state index contributed by atoms with van der Waals surface area (Å²) >= 11 is 9.13. The molecular formula is C23H24ClN3O3S2. The van der Waals surface area contributed by atoms with Gasteiger partial charge in [0.2, 0.25) is 5.91 Å². The summed E-state index contributed by atoms with van der Waals surface area (Å²) in [6.07, 6.45) is 2.41. The molecule has 0 bridgehead atoms. The van der Waals surface area contributed by atoms with Gasteiger partial charge >= 0.3 is 0 Å². The number of hydrogen-bond donors (Lipinski definition) is 2. The first-order valence-electron chi connectivity index (χ1n) is 9.95. The van der Waals surface area contributed by atoms with Gasteiger partial charge in [0.25, 0.3) is 5.91 Å². The standard InChI is InChI=1S/C23H24ClN3O3S2/c1-15-6-5-7-16(21(15)24)12-17-13-26-23(32-17)27-22(29)18-8-3-4-9-19(18)31-14-20(28)25-10-11-30-2/h3-9,13H,10-12,14H2,1-2H3,(H,25,28)(H,26,27,29). The molecule has 0 spiro atoms. The number of rotatable bonds is 10. The van der Waals surface area contributed by atoms with Crippen molar-refractivity contribution < 1.29 is 14.3 Å². The Balaban J connectivity index is 1.62. The maximum atomic E-state index is 12.9. The van der Waals surface area contributed by atoms with Crippen molar-refractivity contribution in [1.82, 2.24) is 10.3 Å². The summed E-state index contributed by atoms with van der Waals surface area (Å²) in [4.78, 5) is 30.9. The number of nitrogens with zero attached hydrogens (tertiary/aromatic N) is 1. The Bertz CT molecular complexity index is 1090. The number of thioether (sulfide) groups is 1. The van der Waals surface area contributed by atoms with Crippen LogP contribution in [0.1, 0.15) is 26.4 Å². The van der Waals surface area contributed by atoms with Crippen molar-refractivity contribution in [3.63, 3.8) is 0 Å². The summed E-state index contributed by atoms with van der Waals surface area (Å²) < 4.78 is 4.92. The van der Waals surface area contributed by atoms with Crippen molar-refractivity contribution >= 4 is 51.6 Å². The van der Waals surface area contributed by atoms with Crippen LogP contribution in [-0.2, 0) is 16.0 Å². The number of aromatic nitrogens is 1. The number of carbonyl (C=O) groups excluding carboxylic acids is 2. The minimum atomic E-state index is -0.262. The second-order valence-electron chi connectivity index (χ2n) is 6.94. The Morgan fingerprint density at radius 3 is 2.81 bits per heavy atom. The lowest BCUT2D eigenvalue weighted by atomic mass is 10.1. The molecule has 1 aromatic heterocycles. The van der Waals surface area contributed by atoms with Crippen molar-refractivity contribution in [3.05, 3.63) is 75.3 Å². The van der Waals surface area contributed by atoms with Crippen molar-refractivity contribution in [2.24, 2.45) is 0 Å². The largest absolute Gasteiger partial charge is 0.383 e. The Hall–Kier alpha value is -2.39. The molecule has 6 nitrogen and oxygen atoms in total. The Morgan fingerprint density at radius 1 is 1.19 bits per heavy atom. The molecule has 0 aliphatic carbocycles. The van der Waals surface area contributed by atoms with E-state index in [1.165, 1.54) is 23.1 Å². The highest BCUT2D eigenvalue weighted by Crippen LogP contribution is 2.28. The van der Waals surface area contributed by atoms with Crippen LogP contribution in [-0.4, -0.2) is 42.8 Å². The van der Waals surface area contributed by atoms with Crippen molar-refractivity contribution in [3.8, 4) is 0 Å². The molecule has 9 heteroatoms. The highest BCUT2D eigenvalue weighted by molar-refractivity contribution is 8.00. The third-order valence-corrected chi connectivity index (χ3v) is 7.06. The minimum Gasteiger partial charge on any atom is -0.383 e. The SMILES string of the molecule is COCCNC(=O)CSc1ccccc1C(=O)Nc1ncc(Cc2cccc(C)c2Cl)s1. The predicted molar refractivity (Wildman–Crippen MR) is 131 cm³/mol. The van der Waals surface area contributed by atoms with E-state index in [0.717, 1.165) is 25.9 Å². The Kier molecular flexibility index (Phi) is 9.11. The van der Waals surface area contributed by atoms with Gasteiger partial charge in [0.05, 0.1) is 17.9 Å². The van der Waals surface area contributed by atoms with E-state index in [-0.39, 0.29) is 17.6 Å². The van der Waals surface area contributed by atoms with Crippen LogP contribution in [0.15, 0.2) is 53.6 Å². The normalized spacial score (nSPS) is 10.7. The van der Waals surface area contributed by atoms with Crippen LogP contribution < -0.4 is 10.6 Å². The van der Waals surface area contributed by atoms with Gasteiger partial charge in [-0.15, -0.1) is 23.1 Å². The monoisotopic (exact) mass is 489 g/mol. The number of amides is 2. The van der Waals surface area contributed by atoms with E-state index in [9.17, 15) is 9.59 Å². The molecule has 2 amide bonds.